The Bertz CT molecular complexity index is 374. The van der Waals surface area contributed by atoms with E-state index in [0.717, 1.165) is 0 Å². The van der Waals surface area contributed by atoms with Crippen molar-refractivity contribution in [1.82, 2.24) is 0 Å². The topological polar surface area (TPSA) is 0 Å². The average molecular weight is 333 g/mol. The van der Waals surface area contributed by atoms with Gasteiger partial charge in [-0.2, -0.15) is 0 Å². The fourth-order valence-electron chi connectivity index (χ4n) is 3.96. The van der Waals surface area contributed by atoms with Crippen LogP contribution in [0.2, 0.25) is 0 Å². The highest BCUT2D eigenvalue weighted by molar-refractivity contribution is 5.14. The van der Waals surface area contributed by atoms with Crippen molar-refractivity contribution in [2.45, 2.75) is 85.0 Å². The molecule has 1 aromatic rings. The summed E-state index contributed by atoms with van der Waals surface area (Å²) < 4.78 is 1.39. The lowest BCUT2D eigenvalue weighted by Crippen LogP contribution is -2.50. The molecule has 0 radical (unpaired) electrons. The smallest absolute Gasteiger partial charge is 0.0786 e. The molecule has 0 saturated heterocycles. The van der Waals surface area contributed by atoms with Gasteiger partial charge in [-0.05, 0) is 56.9 Å². The third-order valence-corrected chi connectivity index (χ3v) is 5.36. The molecule has 0 aliphatic rings. The van der Waals surface area contributed by atoms with Gasteiger partial charge in [0.25, 0.3) is 0 Å². The summed E-state index contributed by atoms with van der Waals surface area (Å²) in [5, 5.41) is 0. The number of quaternary nitrogens is 1. The van der Waals surface area contributed by atoms with Crippen LogP contribution in [0, 0.1) is 0 Å². The minimum absolute atomic E-state index is 1.25. The zero-order chi connectivity index (χ0) is 17.5. The van der Waals surface area contributed by atoms with E-state index in [4.69, 9.17) is 0 Å². The third kappa shape index (κ3) is 8.87. The van der Waals surface area contributed by atoms with Crippen LogP contribution in [0.3, 0.4) is 0 Å². The summed E-state index contributed by atoms with van der Waals surface area (Å²) >= 11 is 0. The van der Waals surface area contributed by atoms with Crippen molar-refractivity contribution in [3.8, 4) is 0 Å². The van der Waals surface area contributed by atoms with Gasteiger partial charge < -0.3 is 4.48 Å². The molecule has 0 heterocycles. The summed E-state index contributed by atoms with van der Waals surface area (Å²) in [6, 6.07) is 11.0. The molecule has 0 atom stereocenters. The third-order valence-electron chi connectivity index (χ3n) is 5.36. The minimum atomic E-state index is 1.25. The van der Waals surface area contributed by atoms with Crippen LogP contribution in [-0.2, 0) is 6.42 Å². The number of hydrogen-bond acceptors (Lipinski definition) is 0. The first-order valence-electron chi connectivity index (χ1n) is 10.7. The largest absolute Gasteiger partial charge is 0.324 e. The lowest BCUT2D eigenvalue weighted by atomic mass is 10.1. The molecule has 0 spiro atoms. The summed E-state index contributed by atoms with van der Waals surface area (Å²) in [6.07, 6.45) is 13.6. The number of hydrogen-bond donors (Lipinski definition) is 0. The van der Waals surface area contributed by atoms with Gasteiger partial charge in [0.2, 0.25) is 0 Å². The second kappa shape index (κ2) is 13.5. The van der Waals surface area contributed by atoms with Gasteiger partial charge in [-0.3, -0.25) is 0 Å². The van der Waals surface area contributed by atoms with E-state index in [2.05, 4.69) is 51.1 Å². The molecule has 0 bridgehead atoms. The Hall–Kier alpha value is -0.820. The predicted octanol–water partition coefficient (Wildman–Crippen LogP) is 6.62. The second-order valence-corrected chi connectivity index (χ2v) is 7.59. The minimum Gasteiger partial charge on any atom is -0.324 e. The van der Waals surface area contributed by atoms with Gasteiger partial charge in [-0.15, -0.1) is 0 Å². The highest BCUT2D eigenvalue weighted by Crippen LogP contribution is 2.17. The van der Waals surface area contributed by atoms with Gasteiger partial charge in [-0.1, -0.05) is 63.9 Å². The molecule has 0 fully saturated rings. The van der Waals surface area contributed by atoms with Crippen LogP contribution in [0.1, 0.15) is 84.1 Å². The molecule has 138 valence electrons. The molecule has 0 aliphatic heterocycles. The molecule has 0 N–H and O–H groups in total. The SMILES string of the molecule is CCCCC[N+](CCC)(CCCCC)CCCCc1ccccc1. The number of benzene rings is 1. The number of nitrogens with zero attached hydrogens (tertiary/aromatic N) is 1. The monoisotopic (exact) mass is 332 g/mol. The van der Waals surface area contributed by atoms with E-state index in [9.17, 15) is 0 Å². The molecule has 24 heavy (non-hydrogen) atoms. The first-order valence-corrected chi connectivity index (χ1v) is 10.7. The van der Waals surface area contributed by atoms with Gasteiger partial charge in [-0.25, -0.2) is 0 Å². The molecule has 0 aliphatic carbocycles. The van der Waals surface area contributed by atoms with Gasteiger partial charge >= 0.3 is 0 Å². The summed E-state index contributed by atoms with van der Waals surface area (Å²) in [6.45, 7) is 12.6. The summed E-state index contributed by atoms with van der Waals surface area (Å²) in [5.74, 6) is 0. The fraction of sp³-hybridized carbons (Fsp3) is 0.739. The van der Waals surface area contributed by atoms with Crippen molar-refractivity contribution in [2.24, 2.45) is 0 Å². The Morgan fingerprint density at radius 1 is 0.583 bits per heavy atom. The van der Waals surface area contributed by atoms with Crippen LogP contribution in [0.5, 0.6) is 0 Å². The molecular formula is C23H42N+. The number of aryl methyl sites for hydroxylation is 1. The Morgan fingerprint density at radius 3 is 1.62 bits per heavy atom. The van der Waals surface area contributed by atoms with Crippen LogP contribution < -0.4 is 0 Å². The summed E-state index contributed by atoms with van der Waals surface area (Å²) in [5.41, 5.74) is 1.50. The van der Waals surface area contributed by atoms with Gasteiger partial charge in [0, 0.05) is 0 Å². The zero-order valence-corrected chi connectivity index (χ0v) is 16.7. The van der Waals surface area contributed by atoms with Gasteiger partial charge in [0.1, 0.15) is 0 Å². The van der Waals surface area contributed by atoms with Crippen LogP contribution in [0.25, 0.3) is 0 Å². The van der Waals surface area contributed by atoms with Gasteiger partial charge in [0.05, 0.1) is 26.2 Å². The molecule has 0 aromatic heterocycles. The van der Waals surface area contributed by atoms with Crippen molar-refractivity contribution in [2.75, 3.05) is 26.2 Å². The molecular weight excluding hydrogens is 290 g/mol. The van der Waals surface area contributed by atoms with Crippen molar-refractivity contribution in [3.05, 3.63) is 35.9 Å². The van der Waals surface area contributed by atoms with E-state index in [1.54, 1.807) is 0 Å². The molecule has 0 amide bonds. The normalized spacial score (nSPS) is 11.8. The van der Waals surface area contributed by atoms with Crippen LogP contribution in [-0.4, -0.2) is 30.7 Å². The van der Waals surface area contributed by atoms with Crippen LogP contribution in [0.15, 0.2) is 30.3 Å². The molecule has 1 nitrogen and oxygen atoms in total. The maximum absolute atomic E-state index is 2.37. The Kier molecular flexibility index (Phi) is 11.9. The quantitative estimate of drug-likeness (QED) is 0.250. The van der Waals surface area contributed by atoms with E-state index < -0.39 is 0 Å². The molecule has 0 saturated carbocycles. The standard InChI is InChI=1S/C23H42N/c1-4-7-13-20-24(19-6-3,21-14-8-5-2)22-15-12-18-23-16-10-9-11-17-23/h9-11,16-17H,4-8,12-15,18-22H2,1-3H3/q+1. The second-order valence-electron chi connectivity index (χ2n) is 7.59. The molecule has 1 rings (SSSR count). The van der Waals surface area contributed by atoms with E-state index in [-0.39, 0.29) is 0 Å². The van der Waals surface area contributed by atoms with E-state index >= 15 is 0 Å². The first kappa shape index (κ1) is 21.2. The Balaban J connectivity index is 2.49. The van der Waals surface area contributed by atoms with Crippen molar-refractivity contribution in [1.29, 1.82) is 0 Å². The Labute approximate surface area is 152 Å². The molecule has 1 heteroatoms. The Morgan fingerprint density at radius 2 is 1.12 bits per heavy atom. The average Bonchev–Trinajstić information content (AvgIpc) is 2.60. The van der Waals surface area contributed by atoms with E-state index in [1.165, 1.54) is 100 Å². The molecule has 0 unspecified atom stereocenters. The number of unbranched alkanes of at least 4 members (excludes halogenated alkanes) is 5. The van der Waals surface area contributed by atoms with Crippen LogP contribution in [0.4, 0.5) is 0 Å². The fourth-order valence-corrected chi connectivity index (χ4v) is 3.96. The number of rotatable bonds is 15. The first-order chi connectivity index (χ1) is 11.8. The van der Waals surface area contributed by atoms with E-state index in [0.29, 0.717) is 0 Å². The lowest BCUT2D eigenvalue weighted by molar-refractivity contribution is -0.929. The maximum Gasteiger partial charge on any atom is 0.0786 e. The summed E-state index contributed by atoms with van der Waals surface area (Å²) in [4.78, 5) is 0. The highest BCUT2D eigenvalue weighted by atomic mass is 15.3. The van der Waals surface area contributed by atoms with Crippen molar-refractivity contribution >= 4 is 0 Å². The van der Waals surface area contributed by atoms with Crippen LogP contribution >= 0.6 is 0 Å². The maximum atomic E-state index is 2.37. The highest BCUT2D eigenvalue weighted by Gasteiger charge is 2.24. The van der Waals surface area contributed by atoms with Gasteiger partial charge in [0.15, 0.2) is 0 Å². The van der Waals surface area contributed by atoms with Crippen molar-refractivity contribution < 1.29 is 4.48 Å². The molecule has 1 aromatic carbocycles. The predicted molar refractivity (Wildman–Crippen MR) is 108 cm³/mol. The zero-order valence-electron chi connectivity index (χ0n) is 16.7. The van der Waals surface area contributed by atoms with Crippen molar-refractivity contribution in [3.63, 3.8) is 0 Å². The van der Waals surface area contributed by atoms with E-state index in [1.807, 2.05) is 0 Å². The lowest BCUT2D eigenvalue weighted by Gasteiger charge is -2.39. The summed E-state index contributed by atoms with van der Waals surface area (Å²) in [7, 11) is 0.